The highest BCUT2D eigenvalue weighted by atomic mass is 16.3. The maximum absolute atomic E-state index is 10.2. The normalized spacial score (nSPS) is 12.6. The molecule has 4 rings (SSSR count). The molecule has 6 heteroatoms. The van der Waals surface area contributed by atoms with Gasteiger partial charge < -0.3 is 10.4 Å². The molecule has 0 aliphatic heterocycles. The molecule has 4 heterocycles. The fourth-order valence-electron chi connectivity index (χ4n) is 3.49. The maximum atomic E-state index is 10.2. The van der Waals surface area contributed by atoms with E-state index in [0.717, 1.165) is 51.2 Å². The van der Waals surface area contributed by atoms with Gasteiger partial charge in [-0.2, -0.15) is 0 Å². The van der Waals surface area contributed by atoms with E-state index >= 15 is 0 Å². The summed E-state index contributed by atoms with van der Waals surface area (Å²) >= 11 is 0. The van der Waals surface area contributed by atoms with Crippen molar-refractivity contribution in [2.24, 2.45) is 0 Å². The first kappa shape index (κ1) is 17.4. The maximum Gasteiger partial charge on any atom is 0.145 e. The molecule has 1 atom stereocenters. The second-order valence-corrected chi connectivity index (χ2v) is 6.79. The minimum atomic E-state index is -0.519. The fourth-order valence-corrected chi connectivity index (χ4v) is 3.49. The van der Waals surface area contributed by atoms with Gasteiger partial charge in [-0.15, -0.1) is 0 Å². The van der Waals surface area contributed by atoms with Crippen LogP contribution in [0.25, 0.3) is 27.7 Å². The number of hydrogen-bond donors (Lipinski definition) is 2. The summed E-state index contributed by atoms with van der Waals surface area (Å²) in [4.78, 5) is 13.5. The number of aliphatic hydroxyl groups is 1. The molecule has 6 nitrogen and oxygen atoms in total. The van der Waals surface area contributed by atoms with Gasteiger partial charge in [-0.1, -0.05) is 13.3 Å². The van der Waals surface area contributed by atoms with Crippen LogP contribution >= 0.6 is 0 Å². The Bertz CT molecular complexity index is 1120. The van der Waals surface area contributed by atoms with Gasteiger partial charge in [0.25, 0.3) is 0 Å². The molecule has 0 aliphatic rings. The third-order valence-electron chi connectivity index (χ3n) is 4.93. The van der Waals surface area contributed by atoms with E-state index in [1.165, 1.54) is 0 Å². The largest absolute Gasteiger partial charge is 0.387 e. The first-order valence-electron chi connectivity index (χ1n) is 9.21. The van der Waals surface area contributed by atoms with E-state index in [2.05, 4.69) is 37.7 Å². The number of pyridine rings is 3. The molecule has 0 saturated heterocycles. The Balaban J connectivity index is 1.89. The SMILES string of the molecule is CCC[C@@H](O)c1cc(C)c(-c2cc3cnc(NC)cc3n3ccnc23)cn1. The number of aromatic nitrogens is 4. The van der Waals surface area contributed by atoms with E-state index in [4.69, 9.17) is 0 Å². The second-order valence-electron chi connectivity index (χ2n) is 6.79. The van der Waals surface area contributed by atoms with E-state index < -0.39 is 6.10 Å². The Labute approximate surface area is 157 Å². The third-order valence-corrected chi connectivity index (χ3v) is 4.93. The average molecular weight is 361 g/mol. The summed E-state index contributed by atoms with van der Waals surface area (Å²) < 4.78 is 2.08. The topological polar surface area (TPSA) is 75.3 Å². The van der Waals surface area contributed by atoms with Gasteiger partial charge in [0.2, 0.25) is 0 Å². The molecule has 0 radical (unpaired) electrons. The highest BCUT2D eigenvalue weighted by Gasteiger charge is 2.15. The quantitative estimate of drug-likeness (QED) is 0.559. The highest BCUT2D eigenvalue weighted by molar-refractivity contribution is 5.92. The number of rotatable bonds is 5. The number of nitrogens with zero attached hydrogens (tertiary/aromatic N) is 4. The zero-order valence-corrected chi connectivity index (χ0v) is 15.8. The molecular formula is C21H23N5O. The summed E-state index contributed by atoms with van der Waals surface area (Å²) in [5.74, 6) is 0.817. The summed E-state index contributed by atoms with van der Waals surface area (Å²) in [7, 11) is 1.86. The Hall–Kier alpha value is -2.99. The summed E-state index contributed by atoms with van der Waals surface area (Å²) in [6, 6.07) is 6.10. The predicted octanol–water partition coefficient (Wildman–Crippen LogP) is 4.13. The van der Waals surface area contributed by atoms with Gasteiger partial charge >= 0.3 is 0 Å². The molecule has 0 unspecified atom stereocenters. The van der Waals surface area contributed by atoms with Crippen molar-refractivity contribution < 1.29 is 5.11 Å². The van der Waals surface area contributed by atoms with E-state index in [9.17, 15) is 5.11 Å². The van der Waals surface area contributed by atoms with Crippen LogP contribution in [0.5, 0.6) is 0 Å². The number of anilines is 1. The van der Waals surface area contributed by atoms with Gasteiger partial charge in [0.05, 0.1) is 17.3 Å². The minimum absolute atomic E-state index is 0.519. The van der Waals surface area contributed by atoms with Crippen molar-refractivity contribution in [3.63, 3.8) is 0 Å². The Morgan fingerprint density at radius 1 is 1.11 bits per heavy atom. The monoisotopic (exact) mass is 361 g/mol. The molecule has 4 aromatic heterocycles. The average Bonchev–Trinajstić information content (AvgIpc) is 3.17. The molecule has 4 aromatic rings. The Morgan fingerprint density at radius 2 is 1.96 bits per heavy atom. The van der Waals surface area contributed by atoms with Crippen molar-refractivity contribution in [2.75, 3.05) is 12.4 Å². The van der Waals surface area contributed by atoms with E-state index in [0.29, 0.717) is 6.42 Å². The summed E-state index contributed by atoms with van der Waals surface area (Å²) in [5.41, 5.74) is 5.73. The Kier molecular flexibility index (Phi) is 4.49. The van der Waals surface area contributed by atoms with Crippen LogP contribution in [-0.4, -0.2) is 31.5 Å². The molecular weight excluding hydrogens is 338 g/mol. The first-order valence-corrected chi connectivity index (χ1v) is 9.21. The molecule has 2 N–H and O–H groups in total. The lowest BCUT2D eigenvalue weighted by molar-refractivity contribution is 0.161. The van der Waals surface area contributed by atoms with Crippen molar-refractivity contribution in [1.82, 2.24) is 19.4 Å². The number of fused-ring (bicyclic) bond motifs is 3. The summed E-state index contributed by atoms with van der Waals surface area (Å²) in [6.07, 6.45) is 8.59. The molecule has 0 saturated carbocycles. The number of aliphatic hydroxyl groups excluding tert-OH is 1. The van der Waals surface area contributed by atoms with Crippen molar-refractivity contribution in [1.29, 1.82) is 0 Å². The molecule has 0 aromatic carbocycles. The molecule has 0 fully saturated rings. The van der Waals surface area contributed by atoms with Gasteiger partial charge in [-0.25, -0.2) is 9.97 Å². The number of hydrogen-bond acceptors (Lipinski definition) is 5. The lowest BCUT2D eigenvalue weighted by atomic mass is 10.00. The fraction of sp³-hybridized carbons (Fsp3) is 0.286. The summed E-state index contributed by atoms with van der Waals surface area (Å²) in [6.45, 7) is 4.10. The van der Waals surface area contributed by atoms with Crippen LogP contribution in [0.2, 0.25) is 0 Å². The van der Waals surface area contributed by atoms with Gasteiger partial charge in [-0.3, -0.25) is 9.38 Å². The summed E-state index contributed by atoms with van der Waals surface area (Å²) in [5, 5.41) is 14.4. The van der Waals surface area contributed by atoms with Crippen LogP contribution in [0, 0.1) is 6.92 Å². The lowest BCUT2D eigenvalue weighted by Crippen LogP contribution is -2.02. The predicted molar refractivity (Wildman–Crippen MR) is 108 cm³/mol. The zero-order valence-electron chi connectivity index (χ0n) is 15.8. The van der Waals surface area contributed by atoms with Crippen LogP contribution in [0.3, 0.4) is 0 Å². The number of aryl methyl sites for hydroxylation is 1. The molecule has 0 aliphatic carbocycles. The van der Waals surface area contributed by atoms with Gasteiger partial charge in [0.1, 0.15) is 11.5 Å². The first-order chi connectivity index (χ1) is 13.1. The lowest BCUT2D eigenvalue weighted by Gasteiger charge is -2.14. The van der Waals surface area contributed by atoms with E-state index in [1.807, 2.05) is 44.7 Å². The van der Waals surface area contributed by atoms with Crippen molar-refractivity contribution in [3.8, 4) is 11.1 Å². The van der Waals surface area contributed by atoms with Crippen LogP contribution in [0.4, 0.5) is 5.82 Å². The second kappa shape index (κ2) is 6.96. The molecule has 0 bridgehead atoms. The molecule has 0 spiro atoms. The van der Waals surface area contributed by atoms with Crippen LogP contribution in [0.1, 0.15) is 37.1 Å². The standard InChI is InChI=1S/C21H23N5O/c1-4-5-19(27)17-8-13(2)16(12-24-17)15-9-14-11-25-20(22-3)10-18(14)26-7-6-23-21(15)26/h6-12,19,27H,4-5H2,1-3H3,(H,22,25)/t19-/m1/s1. The van der Waals surface area contributed by atoms with Gasteiger partial charge in [-0.05, 0) is 31.0 Å². The number of nitrogens with one attached hydrogen (secondary N) is 1. The Morgan fingerprint density at radius 3 is 2.70 bits per heavy atom. The van der Waals surface area contributed by atoms with Gasteiger partial charge in [0.15, 0.2) is 0 Å². The van der Waals surface area contributed by atoms with Gasteiger partial charge in [0, 0.05) is 54.4 Å². The van der Waals surface area contributed by atoms with E-state index in [1.54, 1.807) is 6.20 Å². The van der Waals surface area contributed by atoms with Crippen LogP contribution < -0.4 is 5.32 Å². The smallest absolute Gasteiger partial charge is 0.145 e. The zero-order chi connectivity index (χ0) is 19.0. The minimum Gasteiger partial charge on any atom is -0.387 e. The van der Waals surface area contributed by atoms with Crippen LogP contribution in [0.15, 0.2) is 43.0 Å². The van der Waals surface area contributed by atoms with Crippen molar-refractivity contribution in [2.45, 2.75) is 32.8 Å². The van der Waals surface area contributed by atoms with Crippen molar-refractivity contribution >= 4 is 22.4 Å². The molecule has 0 amide bonds. The number of imidazole rings is 1. The van der Waals surface area contributed by atoms with Crippen LogP contribution in [-0.2, 0) is 0 Å². The highest BCUT2D eigenvalue weighted by Crippen LogP contribution is 2.32. The molecule has 27 heavy (non-hydrogen) atoms. The van der Waals surface area contributed by atoms with Crippen molar-refractivity contribution in [3.05, 3.63) is 54.2 Å². The molecule has 138 valence electrons. The van der Waals surface area contributed by atoms with E-state index in [-0.39, 0.29) is 0 Å². The third kappa shape index (κ3) is 3.02.